The molecule has 0 fully saturated rings. The molecule has 21 heavy (non-hydrogen) atoms. The third-order valence-electron chi connectivity index (χ3n) is 2.70. The highest BCUT2D eigenvalue weighted by atomic mass is 19.1. The molecule has 106 valence electrons. The van der Waals surface area contributed by atoms with Crippen molar-refractivity contribution >= 4 is 17.2 Å². The predicted octanol–water partition coefficient (Wildman–Crippen LogP) is 3.54. The summed E-state index contributed by atoms with van der Waals surface area (Å²) in [5, 5.41) is 13.5. The number of rotatable bonds is 5. The van der Waals surface area contributed by atoms with Crippen LogP contribution in [0.1, 0.15) is 10.4 Å². The second-order valence-corrected chi connectivity index (χ2v) is 4.12. The second-order valence-electron chi connectivity index (χ2n) is 4.12. The maximum atomic E-state index is 12.7. The molecule has 0 atom stereocenters. The molecule has 6 heteroatoms. The first-order chi connectivity index (χ1) is 10.1. The molecule has 0 saturated heterocycles. The van der Waals surface area contributed by atoms with Crippen LogP contribution in [0.2, 0.25) is 0 Å². The van der Waals surface area contributed by atoms with Gasteiger partial charge < -0.3 is 5.32 Å². The van der Waals surface area contributed by atoms with Crippen molar-refractivity contribution in [1.82, 2.24) is 0 Å². The molecule has 0 amide bonds. The first-order valence-electron chi connectivity index (χ1n) is 6.04. The maximum Gasteiger partial charge on any atom is 0.292 e. The predicted molar refractivity (Wildman–Crippen MR) is 76.6 cm³/mol. The molecule has 0 bridgehead atoms. The maximum absolute atomic E-state index is 12.7. The Morgan fingerprint density at radius 1 is 1.14 bits per heavy atom. The highest BCUT2D eigenvalue weighted by Gasteiger charge is 2.10. The zero-order valence-electron chi connectivity index (χ0n) is 10.8. The molecule has 0 aliphatic rings. The lowest BCUT2D eigenvalue weighted by atomic mass is 10.1. The second kappa shape index (κ2) is 6.42. The number of anilines is 1. The fourth-order valence-corrected chi connectivity index (χ4v) is 1.67. The largest absolute Gasteiger partial charge is 0.356 e. The number of benzene rings is 2. The molecule has 0 aliphatic heterocycles. The molecule has 5 nitrogen and oxygen atoms in total. The van der Waals surface area contributed by atoms with Crippen molar-refractivity contribution in [3.63, 3.8) is 0 Å². The van der Waals surface area contributed by atoms with Gasteiger partial charge in [0, 0.05) is 23.9 Å². The quantitative estimate of drug-likeness (QED) is 0.395. The van der Waals surface area contributed by atoms with Gasteiger partial charge in [-0.15, -0.1) is 0 Å². The van der Waals surface area contributed by atoms with E-state index in [9.17, 15) is 19.3 Å². The Hall–Kier alpha value is -3.02. The van der Waals surface area contributed by atoms with E-state index in [1.165, 1.54) is 48.7 Å². The molecular weight excluding hydrogens is 275 g/mol. The van der Waals surface area contributed by atoms with Crippen LogP contribution in [0, 0.1) is 15.9 Å². The van der Waals surface area contributed by atoms with E-state index >= 15 is 0 Å². The van der Waals surface area contributed by atoms with Gasteiger partial charge in [-0.3, -0.25) is 14.9 Å². The minimum atomic E-state index is -0.516. The Kier molecular flexibility index (Phi) is 4.40. The van der Waals surface area contributed by atoms with E-state index < -0.39 is 10.7 Å². The van der Waals surface area contributed by atoms with Crippen LogP contribution in [0.5, 0.6) is 0 Å². The highest BCUT2D eigenvalue weighted by Crippen LogP contribution is 2.22. The average molecular weight is 286 g/mol. The monoisotopic (exact) mass is 286 g/mol. The van der Waals surface area contributed by atoms with Gasteiger partial charge in [-0.05, 0) is 30.3 Å². The van der Waals surface area contributed by atoms with Gasteiger partial charge in [-0.2, -0.15) is 0 Å². The SMILES string of the molecule is O=C(/C=C\Nc1ccccc1[N+](=O)[O-])c1ccc(F)cc1. The number of carbonyl (C=O) groups is 1. The standard InChI is InChI=1S/C15H11FN2O3/c16-12-7-5-11(6-8-12)15(19)9-10-17-13-3-1-2-4-14(13)18(20)21/h1-10,17H/b10-9-. The number of carbonyl (C=O) groups excluding carboxylic acids is 1. The molecule has 0 heterocycles. The van der Waals surface area contributed by atoms with Gasteiger partial charge in [-0.1, -0.05) is 12.1 Å². The van der Waals surface area contributed by atoms with Crippen molar-refractivity contribution in [3.05, 3.63) is 82.3 Å². The van der Waals surface area contributed by atoms with Crippen molar-refractivity contribution in [2.24, 2.45) is 0 Å². The van der Waals surface area contributed by atoms with Crippen molar-refractivity contribution in [2.45, 2.75) is 0 Å². The molecule has 0 saturated carbocycles. The van der Waals surface area contributed by atoms with Crippen LogP contribution in [0.4, 0.5) is 15.8 Å². The Labute approximate surface area is 119 Å². The van der Waals surface area contributed by atoms with Gasteiger partial charge in [0.15, 0.2) is 5.78 Å². The van der Waals surface area contributed by atoms with Crippen molar-refractivity contribution in [1.29, 1.82) is 0 Å². The van der Waals surface area contributed by atoms with Crippen molar-refractivity contribution < 1.29 is 14.1 Å². The van der Waals surface area contributed by atoms with Gasteiger partial charge in [0.05, 0.1) is 4.92 Å². The van der Waals surface area contributed by atoms with E-state index in [-0.39, 0.29) is 17.2 Å². The van der Waals surface area contributed by atoms with Crippen LogP contribution in [0.15, 0.2) is 60.8 Å². The Bertz CT molecular complexity index is 696. The van der Waals surface area contributed by atoms with Crippen LogP contribution < -0.4 is 5.32 Å². The molecule has 1 N–H and O–H groups in total. The number of nitrogens with one attached hydrogen (secondary N) is 1. The summed E-state index contributed by atoms with van der Waals surface area (Å²) in [5.41, 5.74) is 0.527. The lowest BCUT2D eigenvalue weighted by Crippen LogP contribution is -1.98. The first-order valence-corrected chi connectivity index (χ1v) is 6.04. The zero-order chi connectivity index (χ0) is 15.2. The summed E-state index contributed by atoms with van der Waals surface area (Å²) in [6, 6.07) is 11.2. The third kappa shape index (κ3) is 3.73. The molecule has 2 aromatic carbocycles. The van der Waals surface area contributed by atoms with Gasteiger partial charge in [0.2, 0.25) is 0 Å². The lowest BCUT2D eigenvalue weighted by molar-refractivity contribution is -0.383. The minimum absolute atomic E-state index is 0.0867. The number of hydrogen-bond donors (Lipinski definition) is 1. The molecule has 2 rings (SSSR count). The minimum Gasteiger partial charge on any atom is -0.356 e. The summed E-state index contributed by atoms with van der Waals surface area (Å²) in [4.78, 5) is 22.1. The molecular formula is C15H11FN2O3. The number of para-hydroxylation sites is 2. The van der Waals surface area contributed by atoms with E-state index in [1.807, 2.05) is 0 Å². The van der Waals surface area contributed by atoms with Crippen LogP contribution in [0.3, 0.4) is 0 Å². The number of allylic oxidation sites excluding steroid dienone is 1. The molecule has 0 unspecified atom stereocenters. The van der Waals surface area contributed by atoms with E-state index in [0.29, 0.717) is 5.56 Å². The van der Waals surface area contributed by atoms with Crippen LogP contribution in [0.25, 0.3) is 0 Å². The highest BCUT2D eigenvalue weighted by molar-refractivity contribution is 6.04. The van der Waals surface area contributed by atoms with Gasteiger partial charge in [0.25, 0.3) is 5.69 Å². The van der Waals surface area contributed by atoms with E-state index in [1.54, 1.807) is 12.1 Å². The molecule has 0 aromatic heterocycles. The number of ketones is 1. The van der Waals surface area contributed by atoms with Crippen LogP contribution in [-0.4, -0.2) is 10.7 Å². The smallest absolute Gasteiger partial charge is 0.292 e. The summed E-state index contributed by atoms with van der Waals surface area (Å²) in [5.74, 6) is -0.755. The summed E-state index contributed by atoms with van der Waals surface area (Å²) in [7, 11) is 0. The summed E-state index contributed by atoms with van der Waals surface area (Å²) >= 11 is 0. The topological polar surface area (TPSA) is 72.2 Å². The molecule has 0 aliphatic carbocycles. The Morgan fingerprint density at radius 3 is 2.48 bits per heavy atom. The fourth-order valence-electron chi connectivity index (χ4n) is 1.67. The van der Waals surface area contributed by atoms with Crippen molar-refractivity contribution in [2.75, 3.05) is 5.32 Å². The van der Waals surface area contributed by atoms with Gasteiger partial charge >= 0.3 is 0 Å². The number of halogens is 1. The average Bonchev–Trinajstić information content (AvgIpc) is 2.48. The molecule has 0 spiro atoms. The summed E-state index contributed by atoms with van der Waals surface area (Å²) < 4.78 is 12.7. The number of nitro groups is 1. The molecule has 0 radical (unpaired) electrons. The van der Waals surface area contributed by atoms with E-state index in [2.05, 4.69) is 5.32 Å². The normalized spacial score (nSPS) is 10.5. The van der Waals surface area contributed by atoms with Crippen molar-refractivity contribution in [3.8, 4) is 0 Å². The summed E-state index contributed by atoms with van der Waals surface area (Å²) in [6.45, 7) is 0. The molecule has 2 aromatic rings. The van der Waals surface area contributed by atoms with Gasteiger partial charge in [-0.25, -0.2) is 4.39 Å². The Morgan fingerprint density at radius 2 is 1.81 bits per heavy atom. The van der Waals surface area contributed by atoms with E-state index in [4.69, 9.17) is 0 Å². The lowest BCUT2D eigenvalue weighted by Gasteiger charge is -2.01. The van der Waals surface area contributed by atoms with E-state index in [0.717, 1.165) is 0 Å². The first kappa shape index (κ1) is 14.4. The Balaban J connectivity index is 2.07. The van der Waals surface area contributed by atoms with Crippen LogP contribution in [-0.2, 0) is 0 Å². The van der Waals surface area contributed by atoms with Gasteiger partial charge in [0.1, 0.15) is 11.5 Å². The summed E-state index contributed by atoms with van der Waals surface area (Å²) in [6.07, 6.45) is 2.54. The fraction of sp³-hybridized carbons (Fsp3) is 0. The number of nitrogens with zero attached hydrogens (tertiary/aromatic N) is 1. The zero-order valence-corrected chi connectivity index (χ0v) is 10.8. The third-order valence-corrected chi connectivity index (χ3v) is 2.70. The number of hydrogen-bond acceptors (Lipinski definition) is 4. The number of nitro benzene ring substituents is 1. The van der Waals surface area contributed by atoms with Crippen LogP contribution >= 0.6 is 0 Å².